The SMILES string of the molecule is COC1(C(F)(F)F)CCNCC1. The lowest BCUT2D eigenvalue weighted by molar-refractivity contribution is -0.277. The Hall–Kier alpha value is -0.290. The second-order valence-corrected chi connectivity index (χ2v) is 2.95. The third-order valence-corrected chi connectivity index (χ3v) is 2.32. The summed E-state index contributed by atoms with van der Waals surface area (Å²) in [7, 11) is 1.12. The van der Waals surface area contributed by atoms with Crippen molar-refractivity contribution in [3.05, 3.63) is 0 Å². The van der Waals surface area contributed by atoms with Crippen LogP contribution in [0.2, 0.25) is 0 Å². The van der Waals surface area contributed by atoms with Gasteiger partial charge >= 0.3 is 6.18 Å². The summed E-state index contributed by atoms with van der Waals surface area (Å²) < 4.78 is 41.9. The van der Waals surface area contributed by atoms with Gasteiger partial charge in [0.1, 0.15) is 0 Å². The zero-order valence-electron chi connectivity index (χ0n) is 6.87. The Morgan fingerprint density at radius 1 is 1.25 bits per heavy atom. The molecule has 0 aliphatic carbocycles. The summed E-state index contributed by atoms with van der Waals surface area (Å²) in [6.45, 7) is 0.737. The molecule has 0 spiro atoms. The van der Waals surface area contributed by atoms with Crippen LogP contribution in [0.5, 0.6) is 0 Å². The number of methoxy groups -OCH3 is 1. The normalized spacial score (nSPS) is 24.0. The molecule has 0 amide bonds. The van der Waals surface area contributed by atoms with Gasteiger partial charge in [-0.3, -0.25) is 0 Å². The Morgan fingerprint density at radius 2 is 1.75 bits per heavy atom. The summed E-state index contributed by atoms with van der Waals surface area (Å²) in [5.41, 5.74) is -1.90. The van der Waals surface area contributed by atoms with E-state index < -0.39 is 11.8 Å². The van der Waals surface area contributed by atoms with Crippen molar-refractivity contribution in [2.24, 2.45) is 0 Å². The van der Waals surface area contributed by atoms with Crippen molar-refractivity contribution >= 4 is 0 Å². The van der Waals surface area contributed by atoms with Crippen LogP contribution in [0, 0.1) is 0 Å². The number of nitrogens with one attached hydrogen (secondary N) is 1. The number of piperidine rings is 1. The summed E-state index contributed by atoms with van der Waals surface area (Å²) in [6.07, 6.45) is -4.23. The monoisotopic (exact) mass is 183 g/mol. The van der Waals surface area contributed by atoms with Gasteiger partial charge in [0.2, 0.25) is 0 Å². The van der Waals surface area contributed by atoms with Gasteiger partial charge in [0, 0.05) is 7.11 Å². The first kappa shape index (κ1) is 9.80. The molecule has 1 fully saturated rings. The predicted octanol–water partition coefficient (Wildman–Crippen LogP) is 1.32. The van der Waals surface area contributed by atoms with E-state index in [0.717, 1.165) is 7.11 Å². The molecule has 1 saturated heterocycles. The van der Waals surface area contributed by atoms with Gasteiger partial charge in [-0.05, 0) is 25.9 Å². The molecule has 1 rings (SSSR count). The molecule has 0 bridgehead atoms. The van der Waals surface area contributed by atoms with Gasteiger partial charge in [0.25, 0.3) is 0 Å². The van der Waals surface area contributed by atoms with E-state index in [1.54, 1.807) is 0 Å². The Morgan fingerprint density at radius 3 is 2.00 bits per heavy atom. The first-order chi connectivity index (χ1) is 5.52. The van der Waals surface area contributed by atoms with Gasteiger partial charge in [-0.1, -0.05) is 0 Å². The molecular formula is C7H12F3NO. The molecule has 0 aromatic heterocycles. The Bertz CT molecular complexity index is 151. The summed E-state index contributed by atoms with van der Waals surface area (Å²) in [4.78, 5) is 0. The second kappa shape index (κ2) is 3.22. The van der Waals surface area contributed by atoms with E-state index in [4.69, 9.17) is 0 Å². The average molecular weight is 183 g/mol. The zero-order chi connectivity index (χ0) is 9.24. The number of rotatable bonds is 1. The molecule has 0 saturated carbocycles. The molecule has 0 radical (unpaired) electrons. The van der Waals surface area contributed by atoms with E-state index in [9.17, 15) is 13.2 Å². The minimum absolute atomic E-state index is 0.00694. The van der Waals surface area contributed by atoms with Crippen molar-refractivity contribution in [1.82, 2.24) is 5.32 Å². The average Bonchev–Trinajstić information content (AvgIpc) is 2.04. The fraction of sp³-hybridized carbons (Fsp3) is 1.00. The van der Waals surface area contributed by atoms with E-state index in [0.29, 0.717) is 13.1 Å². The highest BCUT2D eigenvalue weighted by atomic mass is 19.4. The molecule has 1 aliphatic heterocycles. The van der Waals surface area contributed by atoms with Gasteiger partial charge in [0.05, 0.1) is 0 Å². The quantitative estimate of drug-likeness (QED) is 0.662. The van der Waals surface area contributed by atoms with Crippen molar-refractivity contribution in [1.29, 1.82) is 0 Å². The molecule has 1 heterocycles. The molecule has 5 heteroatoms. The van der Waals surface area contributed by atoms with Crippen LogP contribution in [-0.4, -0.2) is 32.0 Å². The Kier molecular flexibility index (Phi) is 2.63. The van der Waals surface area contributed by atoms with E-state index in [1.165, 1.54) is 0 Å². The van der Waals surface area contributed by atoms with E-state index >= 15 is 0 Å². The number of hydrogen-bond donors (Lipinski definition) is 1. The maximum atomic E-state index is 12.4. The van der Waals surface area contributed by atoms with Gasteiger partial charge in [-0.15, -0.1) is 0 Å². The number of hydrogen-bond acceptors (Lipinski definition) is 2. The lowest BCUT2D eigenvalue weighted by atomic mass is 9.91. The Balaban J connectivity index is 2.73. The lowest BCUT2D eigenvalue weighted by Crippen LogP contribution is -2.53. The van der Waals surface area contributed by atoms with E-state index in [-0.39, 0.29) is 12.8 Å². The molecular weight excluding hydrogens is 171 g/mol. The van der Waals surface area contributed by atoms with Crippen LogP contribution in [0.25, 0.3) is 0 Å². The van der Waals surface area contributed by atoms with Crippen molar-refractivity contribution in [2.45, 2.75) is 24.6 Å². The van der Waals surface area contributed by atoms with Crippen LogP contribution in [-0.2, 0) is 4.74 Å². The minimum Gasteiger partial charge on any atom is -0.369 e. The molecule has 1 N–H and O–H groups in total. The van der Waals surface area contributed by atoms with Gasteiger partial charge in [-0.2, -0.15) is 13.2 Å². The van der Waals surface area contributed by atoms with Gasteiger partial charge in [-0.25, -0.2) is 0 Å². The van der Waals surface area contributed by atoms with Crippen molar-refractivity contribution in [3.8, 4) is 0 Å². The van der Waals surface area contributed by atoms with Crippen molar-refractivity contribution in [2.75, 3.05) is 20.2 Å². The number of alkyl halides is 3. The summed E-state index contributed by atoms with van der Waals surface area (Å²) in [6, 6.07) is 0. The first-order valence-electron chi connectivity index (χ1n) is 3.84. The maximum absolute atomic E-state index is 12.4. The van der Waals surface area contributed by atoms with Gasteiger partial charge in [0.15, 0.2) is 5.60 Å². The number of halogens is 3. The van der Waals surface area contributed by atoms with E-state index in [1.807, 2.05) is 0 Å². The largest absolute Gasteiger partial charge is 0.417 e. The molecule has 12 heavy (non-hydrogen) atoms. The smallest absolute Gasteiger partial charge is 0.369 e. The third kappa shape index (κ3) is 1.56. The minimum atomic E-state index is -4.25. The van der Waals surface area contributed by atoms with Crippen LogP contribution in [0.3, 0.4) is 0 Å². The highest BCUT2D eigenvalue weighted by Crippen LogP contribution is 2.39. The zero-order valence-corrected chi connectivity index (χ0v) is 6.87. The maximum Gasteiger partial charge on any atom is 0.417 e. The fourth-order valence-electron chi connectivity index (χ4n) is 1.43. The second-order valence-electron chi connectivity index (χ2n) is 2.95. The topological polar surface area (TPSA) is 21.3 Å². The predicted molar refractivity (Wildman–Crippen MR) is 37.9 cm³/mol. The Labute approximate surface area is 69.1 Å². The summed E-state index contributed by atoms with van der Waals surface area (Å²) in [5.74, 6) is 0. The highest BCUT2D eigenvalue weighted by molar-refractivity contribution is 4.92. The summed E-state index contributed by atoms with van der Waals surface area (Å²) >= 11 is 0. The summed E-state index contributed by atoms with van der Waals surface area (Å²) in [5, 5.41) is 2.87. The molecule has 0 aromatic rings. The van der Waals surface area contributed by atoms with Crippen LogP contribution in [0.4, 0.5) is 13.2 Å². The number of ether oxygens (including phenoxy) is 1. The fourth-order valence-corrected chi connectivity index (χ4v) is 1.43. The molecule has 0 aromatic carbocycles. The standard InChI is InChI=1S/C7H12F3NO/c1-12-6(7(8,9)10)2-4-11-5-3-6/h11H,2-5H2,1H3. The molecule has 0 atom stereocenters. The molecule has 2 nitrogen and oxygen atoms in total. The van der Waals surface area contributed by atoms with Crippen molar-refractivity contribution in [3.63, 3.8) is 0 Å². The molecule has 1 aliphatic rings. The molecule has 72 valence electrons. The molecule has 0 unspecified atom stereocenters. The van der Waals surface area contributed by atoms with Gasteiger partial charge < -0.3 is 10.1 Å². The lowest BCUT2D eigenvalue weighted by Gasteiger charge is -2.37. The van der Waals surface area contributed by atoms with Crippen LogP contribution >= 0.6 is 0 Å². The first-order valence-corrected chi connectivity index (χ1v) is 3.84. The third-order valence-electron chi connectivity index (χ3n) is 2.32. The van der Waals surface area contributed by atoms with Crippen LogP contribution < -0.4 is 5.32 Å². The van der Waals surface area contributed by atoms with E-state index in [2.05, 4.69) is 10.1 Å². The van der Waals surface area contributed by atoms with Crippen LogP contribution in [0.1, 0.15) is 12.8 Å². The van der Waals surface area contributed by atoms with Crippen molar-refractivity contribution < 1.29 is 17.9 Å². The van der Waals surface area contributed by atoms with Crippen LogP contribution in [0.15, 0.2) is 0 Å². The highest BCUT2D eigenvalue weighted by Gasteiger charge is 2.55.